The molecule has 0 bridgehead atoms. The second-order valence-corrected chi connectivity index (χ2v) is 5.89. The first-order valence-corrected chi connectivity index (χ1v) is 8.42. The molecule has 1 amide bonds. The highest BCUT2D eigenvalue weighted by Crippen LogP contribution is 2.11. The van der Waals surface area contributed by atoms with Crippen molar-refractivity contribution in [3.63, 3.8) is 0 Å². The normalized spacial score (nSPS) is 11.6. The molecule has 0 saturated heterocycles. The van der Waals surface area contributed by atoms with Crippen LogP contribution >= 0.6 is 0 Å². The summed E-state index contributed by atoms with van der Waals surface area (Å²) >= 11 is 0. The number of rotatable bonds is 7. The van der Waals surface area contributed by atoms with Gasteiger partial charge >= 0.3 is 5.97 Å². The molecule has 1 atom stereocenters. The second-order valence-electron chi connectivity index (χ2n) is 5.89. The Hall–Kier alpha value is -3.41. The zero-order valence-electron chi connectivity index (χ0n) is 14.4. The fourth-order valence-electron chi connectivity index (χ4n) is 2.55. The molecule has 0 fully saturated rings. The Morgan fingerprint density at radius 3 is 2.44 bits per heavy atom. The largest absolute Gasteiger partial charge is 0.459 e. The highest BCUT2D eigenvalue weighted by Gasteiger charge is 2.24. The van der Waals surface area contributed by atoms with E-state index in [4.69, 9.17) is 9.15 Å². The second kappa shape index (κ2) is 8.80. The summed E-state index contributed by atoms with van der Waals surface area (Å²) in [5.74, 6) is -1.54. The molecule has 27 heavy (non-hydrogen) atoms. The molecule has 2 aromatic carbocycles. The van der Waals surface area contributed by atoms with Gasteiger partial charge in [0, 0.05) is 12.0 Å². The van der Waals surface area contributed by atoms with Gasteiger partial charge in [-0.3, -0.25) is 4.79 Å². The summed E-state index contributed by atoms with van der Waals surface area (Å²) in [6.07, 6.45) is 1.61. The molecule has 1 heterocycles. The molecule has 0 aliphatic rings. The fraction of sp³-hybridized carbons (Fsp3) is 0.143. The summed E-state index contributed by atoms with van der Waals surface area (Å²) < 4.78 is 24.0. The molecule has 0 radical (unpaired) electrons. The number of ether oxygens (including phenoxy) is 1. The Bertz CT molecular complexity index is 894. The summed E-state index contributed by atoms with van der Waals surface area (Å²) in [4.78, 5) is 24.8. The number of nitrogens with one attached hydrogen (secondary N) is 1. The number of hydrogen-bond acceptors (Lipinski definition) is 4. The van der Waals surface area contributed by atoms with Crippen LogP contribution in [0.25, 0.3) is 0 Å². The average molecular weight is 367 g/mol. The predicted molar refractivity (Wildman–Crippen MR) is 96.3 cm³/mol. The van der Waals surface area contributed by atoms with Crippen molar-refractivity contribution in [3.8, 4) is 0 Å². The van der Waals surface area contributed by atoms with Gasteiger partial charge in [-0.2, -0.15) is 0 Å². The Kier molecular flexibility index (Phi) is 5.99. The van der Waals surface area contributed by atoms with Gasteiger partial charge in [0.05, 0.1) is 6.26 Å². The third-order valence-corrected chi connectivity index (χ3v) is 3.95. The van der Waals surface area contributed by atoms with E-state index >= 15 is 0 Å². The summed E-state index contributed by atoms with van der Waals surface area (Å²) in [6.45, 7) is -0.215. The zero-order valence-corrected chi connectivity index (χ0v) is 14.4. The minimum Gasteiger partial charge on any atom is -0.459 e. The lowest BCUT2D eigenvalue weighted by atomic mass is 10.1. The first-order valence-electron chi connectivity index (χ1n) is 8.42. The molecule has 5 nitrogen and oxygen atoms in total. The first-order chi connectivity index (χ1) is 13.1. The van der Waals surface area contributed by atoms with Gasteiger partial charge in [-0.05, 0) is 23.8 Å². The molecule has 1 aromatic heterocycles. The summed E-state index contributed by atoms with van der Waals surface area (Å²) in [5.41, 5.74) is 1.12. The minimum absolute atomic E-state index is 0.0926. The molecule has 138 valence electrons. The van der Waals surface area contributed by atoms with Crippen LogP contribution in [0.1, 0.15) is 21.7 Å². The van der Waals surface area contributed by atoms with E-state index in [9.17, 15) is 14.0 Å². The van der Waals surface area contributed by atoms with Crippen molar-refractivity contribution in [1.82, 2.24) is 5.32 Å². The van der Waals surface area contributed by atoms with Gasteiger partial charge in [-0.1, -0.05) is 48.5 Å². The van der Waals surface area contributed by atoms with Crippen molar-refractivity contribution >= 4 is 11.9 Å². The van der Waals surface area contributed by atoms with Crippen molar-refractivity contribution in [3.05, 3.63) is 95.7 Å². The third-order valence-electron chi connectivity index (χ3n) is 3.95. The van der Waals surface area contributed by atoms with Crippen LogP contribution in [0.3, 0.4) is 0 Å². The van der Waals surface area contributed by atoms with Gasteiger partial charge in [0.25, 0.3) is 5.91 Å². The van der Waals surface area contributed by atoms with E-state index in [2.05, 4.69) is 5.32 Å². The molecule has 3 rings (SSSR count). The number of carbonyl (C=O) groups excluding carboxylic acids is 2. The molecular weight excluding hydrogens is 349 g/mol. The Balaban J connectivity index is 1.70. The number of esters is 1. The molecular formula is C21H18FNO4. The van der Waals surface area contributed by atoms with E-state index in [0.29, 0.717) is 0 Å². The molecule has 0 aliphatic heterocycles. The quantitative estimate of drug-likeness (QED) is 0.649. The monoisotopic (exact) mass is 367 g/mol. The van der Waals surface area contributed by atoms with Crippen molar-refractivity contribution in [2.45, 2.75) is 19.1 Å². The van der Waals surface area contributed by atoms with Gasteiger partial charge in [-0.15, -0.1) is 0 Å². The van der Waals surface area contributed by atoms with Gasteiger partial charge < -0.3 is 14.5 Å². The molecule has 0 aliphatic carbocycles. The number of hydrogen-bond donors (Lipinski definition) is 1. The SMILES string of the molecule is O=C(N[C@@H](Cc1ccccc1)C(=O)OCc1ccccc1F)c1ccco1. The maximum absolute atomic E-state index is 13.7. The van der Waals surface area contributed by atoms with Gasteiger partial charge in [0.2, 0.25) is 0 Å². The van der Waals surface area contributed by atoms with Crippen LogP contribution in [0.15, 0.2) is 77.4 Å². The van der Waals surface area contributed by atoms with Crippen LogP contribution in [-0.4, -0.2) is 17.9 Å². The maximum atomic E-state index is 13.7. The van der Waals surface area contributed by atoms with E-state index in [-0.39, 0.29) is 24.4 Å². The van der Waals surface area contributed by atoms with E-state index in [1.165, 1.54) is 24.5 Å². The van der Waals surface area contributed by atoms with Crippen molar-refractivity contribution in [2.24, 2.45) is 0 Å². The Morgan fingerprint density at radius 1 is 1.00 bits per heavy atom. The molecule has 0 unspecified atom stereocenters. The van der Waals surface area contributed by atoms with Crippen LogP contribution in [-0.2, 0) is 22.6 Å². The Morgan fingerprint density at radius 2 is 1.74 bits per heavy atom. The average Bonchev–Trinajstić information content (AvgIpc) is 3.22. The first kappa shape index (κ1) is 18.4. The van der Waals surface area contributed by atoms with E-state index in [1.807, 2.05) is 30.3 Å². The fourth-order valence-corrected chi connectivity index (χ4v) is 2.55. The number of amides is 1. The summed E-state index contributed by atoms with van der Waals surface area (Å²) in [7, 11) is 0. The topological polar surface area (TPSA) is 68.5 Å². The number of halogens is 1. The van der Waals surface area contributed by atoms with E-state index in [0.717, 1.165) is 5.56 Å². The predicted octanol–water partition coefficient (Wildman–Crippen LogP) is 3.50. The highest BCUT2D eigenvalue weighted by atomic mass is 19.1. The van der Waals surface area contributed by atoms with Crippen molar-refractivity contribution < 1.29 is 23.1 Å². The van der Waals surface area contributed by atoms with Crippen LogP contribution in [0.2, 0.25) is 0 Å². The maximum Gasteiger partial charge on any atom is 0.329 e. The smallest absolute Gasteiger partial charge is 0.329 e. The van der Waals surface area contributed by atoms with Crippen LogP contribution in [0.5, 0.6) is 0 Å². The number of benzene rings is 2. The van der Waals surface area contributed by atoms with Gasteiger partial charge in [-0.25, -0.2) is 9.18 Å². The van der Waals surface area contributed by atoms with Crippen LogP contribution in [0, 0.1) is 5.82 Å². The van der Waals surface area contributed by atoms with E-state index < -0.39 is 23.7 Å². The Labute approximate surface area is 155 Å². The van der Waals surface area contributed by atoms with E-state index in [1.54, 1.807) is 18.2 Å². The van der Waals surface area contributed by atoms with Crippen molar-refractivity contribution in [2.75, 3.05) is 0 Å². The molecule has 0 spiro atoms. The third kappa shape index (κ3) is 5.04. The molecule has 0 saturated carbocycles. The lowest BCUT2D eigenvalue weighted by Crippen LogP contribution is -2.43. The lowest BCUT2D eigenvalue weighted by molar-refractivity contribution is -0.147. The molecule has 3 aromatic rings. The molecule has 6 heteroatoms. The minimum atomic E-state index is -0.934. The van der Waals surface area contributed by atoms with Crippen LogP contribution < -0.4 is 5.32 Å². The van der Waals surface area contributed by atoms with Gasteiger partial charge in [0.15, 0.2) is 5.76 Å². The summed E-state index contributed by atoms with van der Waals surface area (Å²) in [5, 5.41) is 2.62. The van der Waals surface area contributed by atoms with Crippen molar-refractivity contribution in [1.29, 1.82) is 0 Å². The summed E-state index contributed by atoms with van der Waals surface area (Å²) in [6, 6.07) is 17.4. The number of carbonyl (C=O) groups is 2. The zero-order chi connectivity index (χ0) is 19.1. The highest BCUT2D eigenvalue weighted by molar-refractivity contribution is 5.94. The molecule has 1 N–H and O–H groups in total. The lowest BCUT2D eigenvalue weighted by Gasteiger charge is -2.17. The van der Waals surface area contributed by atoms with Gasteiger partial charge in [0.1, 0.15) is 18.5 Å². The van der Waals surface area contributed by atoms with Crippen LogP contribution in [0.4, 0.5) is 4.39 Å². The number of furan rings is 1. The standard InChI is InChI=1S/C21H18FNO4/c22-17-10-5-4-9-16(17)14-27-21(25)18(13-15-7-2-1-3-8-15)23-20(24)19-11-6-12-26-19/h1-12,18H,13-14H2,(H,23,24)/t18-/m0/s1.